The number of benzene rings is 3. The summed E-state index contributed by atoms with van der Waals surface area (Å²) >= 11 is 1.30. The van der Waals surface area contributed by atoms with Crippen molar-refractivity contribution in [1.29, 1.82) is 0 Å². The van der Waals surface area contributed by atoms with Gasteiger partial charge in [-0.25, -0.2) is 17.7 Å². The molecule has 5 nitrogen and oxygen atoms in total. The molecule has 0 N–H and O–H groups in total. The highest BCUT2D eigenvalue weighted by atomic mass is 32.2. The van der Waals surface area contributed by atoms with Gasteiger partial charge in [-0.05, 0) is 35.4 Å². The zero-order valence-electron chi connectivity index (χ0n) is 15.2. The summed E-state index contributed by atoms with van der Waals surface area (Å²) < 4.78 is 33.2. The average molecular weight is 421 g/mol. The Kier molecular flexibility index (Phi) is 4.34. The minimum absolute atomic E-state index is 0.253. The molecule has 1 aromatic heterocycles. The molecule has 0 aliphatic carbocycles. The predicted molar refractivity (Wildman–Crippen MR) is 114 cm³/mol. The van der Waals surface area contributed by atoms with E-state index in [0.29, 0.717) is 21.3 Å². The topological polar surface area (TPSA) is 59.5 Å². The molecule has 0 saturated heterocycles. The first-order valence-electron chi connectivity index (χ1n) is 9.00. The SMILES string of the molecule is O=S1(=O)c2ccc(Oc3ccccc3-c3ccccc3)cc2CN1c1nccs1. The Labute approximate surface area is 172 Å². The largest absolute Gasteiger partial charge is 0.457 e. The number of thiazole rings is 1. The zero-order chi connectivity index (χ0) is 19.8. The number of sulfonamides is 1. The standard InChI is InChI=1S/C22H16N2O3S2/c25-29(26)21-11-10-18(14-17(21)15-24(29)22-23-12-13-28-22)27-20-9-5-4-8-19(20)16-6-2-1-3-7-16/h1-14H,15H2. The number of aromatic nitrogens is 1. The van der Waals surface area contributed by atoms with Crippen LogP contribution in [0.15, 0.2) is 89.3 Å². The number of nitrogens with zero attached hydrogens (tertiary/aromatic N) is 2. The van der Waals surface area contributed by atoms with Gasteiger partial charge in [0.25, 0.3) is 10.0 Å². The fraction of sp³-hybridized carbons (Fsp3) is 0.0455. The Morgan fingerprint density at radius 2 is 1.76 bits per heavy atom. The highest BCUT2D eigenvalue weighted by Gasteiger charge is 2.36. The molecule has 0 spiro atoms. The van der Waals surface area contributed by atoms with Crippen molar-refractivity contribution in [3.63, 3.8) is 0 Å². The second kappa shape index (κ2) is 7.02. The normalized spacial score (nSPS) is 14.6. The van der Waals surface area contributed by atoms with Crippen LogP contribution in [0, 0.1) is 0 Å². The fourth-order valence-electron chi connectivity index (χ4n) is 3.40. The van der Waals surface area contributed by atoms with Crippen LogP contribution in [0.3, 0.4) is 0 Å². The molecule has 0 fully saturated rings. The molecule has 0 amide bonds. The van der Waals surface area contributed by atoms with Gasteiger partial charge in [0, 0.05) is 17.1 Å². The highest BCUT2D eigenvalue weighted by molar-refractivity contribution is 7.93. The summed E-state index contributed by atoms with van der Waals surface area (Å²) in [6.07, 6.45) is 1.60. The summed E-state index contributed by atoms with van der Waals surface area (Å²) in [7, 11) is -3.58. The van der Waals surface area contributed by atoms with E-state index in [9.17, 15) is 8.42 Å². The molecule has 4 aromatic rings. The highest BCUT2D eigenvalue weighted by Crippen LogP contribution is 2.39. The summed E-state index contributed by atoms with van der Waals surface area (Å²) in [6.45, 7) is 0.253. The monoisotopic (exact) mass is 420 g/mol. The molecular weight excluding hydrogens is 404 g/mol. The van der Waals surface area contributed by atoms with Gasteiger partial charge in [0.05, 0.1) is 11.4 Å². The first kappa shape index (κ1) is 17.9. The van der Waals surface area contributed by atoms with Crippen molar-refractivity contribution in [3.05, 3.63) is 89.9 Å². The van der Waals surface area contributed by atoms with E-state index in [1.165, 1.54) is 15.6 Å². The number of hydrogen-bond acceptors (Lipinski definition) is 5. The summed E-state index contributed by atoms with van der Waals surface area (Å²) in [5.74, 6) is 1.32. The van der Waals surface area contributed by atoms with E-state index in [0.717, 1.165) is 16.9 Å². The Balaban J connectivity index is 1.49. The van der Waals surface area contributed by atoms with E-state index >= 15 is 0 Å². The molecule has 2 heterocycles. The Morgan fingerprint density at radius 3 is 2.55 bits per heavy atom. The van der Waals surface area contributed by atoms with Gasteiger partial charge in [0.1, 0.15) is 11.5 Å². The lowest BCUT2D eigenvalue weighted by molar-refractivity contribution is 0.483. The lowest BCUT2D eigenvalue weighted by Gasteiger charge is -2.12. The van der Waals surface area contributed by atoms with Crippen molar-refractivity contribution in [2.24, 2.45) is 0 Å². The maximum Gasteiger partial charge on any atom is 0.266 e. The molecule has 0 bridgehead atoms. The fourth-order valence-corrected chi connectivity index (χ4v) is 5.87. The number of anilines is 1. The predicted octanol–water partition coefficient (Wildman–Crippen LogP) is 5.31. The molecular formula is C22H16N2O3S2. The first-order chi connectivity index (χ1) is 14.1. The van der Waals surface area contributed by atoms with E-state index in [4.69, 9.17) is 4.74 Å². The zero-order valence-corrected chi connectivity index (χ0v) is 16.9. The lowest BCUT2D eigenvalue weighted by Crippen LogP contribution is -2.23. The molecule has 29 heavy (non-hydrogen) atoms. The maximum absolute atomic E-state index is 12.8. The summed E-state index contributed by atoms with van der Waals surface area (Å²) in [4.78, 5) is 4.45. The number of ether oxygens (including phenoxy) is 1. The van der Waals surface area contributed by atoms with Crippen LogP contribution in [0.5, 0.6) is 11.5 Å². The van der Waals surface area contributed by atoms with Crippen LogP contribution in [0.1, 0.15) is 5.56 Å². The van der Waals surface area contributed by atoms with Gasteiger partial charge in [-0.3, -0.25) is 0 Å². The van der Waals surface area contributed by atoms with E-state index in [1.807, 2.05) is 54.6 Å². The van der Waals surface area contributed by atoms with Crippen molar-refractivity contribution in [1.82, 2.24) is 4.98 Å². The average Bonchev–Trinajstić information content (AvgIpc) is 3.35. The molecule has 0 saturated carbocycles. The van der Waals surface area contributed by atoms with Crippen LogP contribution in [-0.2, 0) is 16.6 Å². The van der Waals surface area contributed by atoms with Gasteiger partial charge < -0.3 is 4.74 Å². The number of fused-ring (bicyclic) bond motifs is 1. The van der Waals surface area contributed by atoms with Crippen molar-refractivity contribution < 1.29 is 13.2 Å². The number of rotatable bonds is 4. The number of hydrogen-bond donors (Lipinski definition) is 0. The van der Waals surface area contributed by atoms with Crippen LogP contribution in [0.4, 0.5) is 5.13 Å². The van der Waals surface area contributed by atoms with Gasteiger partial charge in [0.2, 0.25) is 0 Å². The molecule has 1 aliphatic rings. The lowest BCUT2D eigenvalue weighted by atomic mass is 10.0. The Hall–Kier alpha value is -3.16. The maximum atomic E-state index is 12.8. The van der Waals surface area contributed by atoms with Crippen molar-refractivity contribution in [3.8, 4) is 22.6 Å². The van der Waals surface area contributed by atoms with Crippen LogP contribution in [0.2, 0.25) is 0 Å². The third-order valence-electron chi connectivity index (χ3n) is 4.75. The molecule has 0 atom stereocenters. The molecule has 144 valence electrons. The van der Waals surface area contributed by atoms with E-state index in [1.54, 1.807) is 29.8 Å². The van der Waals surface area contributed by atoms with Gasteiger partial charge in [-0.2, -0.15) is 0 Å². The third kappa shape index (κ3) is 3.18. The van der Waals surface area contributed by atoms with Gasteiger partial charge in [0.15, 0.2) is 5.13 Å². The summed E-state index contributed by atoms with van der Waals surface area (Å²) in [5, 5.41) is 2.24. The first-order valence-corrected chi connectivity index (χ1v) is 11.3. The van der Waals surface area contributed by atoms with Gasteiger partial charge in [-0.15, -0.1) is 11.3 Å². The van der Waals surface area contributed by atoms with Crippen molar-refractivity contribution in [2.45, 2.75) is 11.4 Å². The molecule has 3 aromatic carbocycles. The van der Waals surface area contributed by atoms with E-state index in [-0.39, 0.29) is 6.54 Å². The van der Waals surface area contributed by atoms with Gasteiger partial charge in [-0.1, -0.05) is 48.5 Å². The Bertz CT molecular complexity index is 1270. The molecule has 0 unspecified atom stereocenters. The van der Waals surface area contributed by atoms with Crippen LogP contribution < -0.4 is 9.04 Å². The van der Waals surface area contributed by atoms with Gasteiger partial charge >= 0.3 is 0 Å². The molecule has 0 radical (unpaired) electrons. The van der Waals surface area contributed by atoms with Crippen LogP contribution in [0.25, 0.3) is 11.1 Å². The van der Waals surface area contributed by atoms with Crippen LogP contribution >= 0.6 is 11.3 Å². The van der Waals surface area contributed by atoms with E-state index < -0.39 is 10.0 Å². The molecule has 1 aliphatic heterocycles. The number of para-hydroxylation sites is 1. The second-order valence-electron chi connectivity index (χ2n) is 6.56. The van der Waals surface area contributed by atoms with E-state index in [2.05, 4.69) is 4.98 Å². The Morgan fingerprint density at radius 1 is 0.966 bits per heavy atom. The molecule has 5 rings (SSSR count). The molecule has 7 heteroatoms. The smallest absolute Gasteiger partial charge is 0.266 e. The minimum atomic E-state index is -3.58. The van der Waals surface area contributed by atoms with Crippen molar-refractivity contribution in [2.75, 3.05) is 4.31 Å². The quantitative estimate of drug-likeness (QED) is 0.449. The minimum Gasteiger partial charge on any atom is -0.457 e. The van der Waals surface area contributed by atoms with Crippen molar-refractivity contribution >= 4 is 26.5 Å². The summed E-state index contributed by atoms with van der Waals surface area (Å²) in [5.41, 5.74) is 2.74. The summed E-state index contributed by atoms with van der Waals surface area (Å²) in [6, 6.07) is 22.9. The second-order valence-corrected chi connectivity index (χ2v) is 9.26. The van der Waals surface area contributed by atoms with Crippen LogP contribution in [-0.4, -0.2) is 13.4 Å². The third-order valence-corrected chi connectivity index (χ3v) is 7.49.